The monoisotopic (exact) mass is 310 g/mol. The van der Waals surface area contributed by atoms with E-state index in [-0.39, 0.29) is 11.4 Å². The number of benzene rings is 1. The van der Waals surface area contributed by atoms with Gasteiger partial charge in [0.2, 0.25) is 0 Å². The summed E-state index contributed by atoms with van der Waals surface area (Å²) in [5.41, 5.74) is -0.168. The van der Waals surface area contributed by atoms with Gasteiger partial charge < -0.3 is 10.4 Å². The van der Waals surface area contributed by atoms with Gasteiger partial charge in [0.1, 0.15) is 11.8 Å². The van der Waals surface area contributed by atoms with E-state index < -0.39 is 24.0 Å². The first-order valence-electron chi connectivity index (χ1n) is 4.56. The minimum Gasteiger partial charge on any atom is -0.385 e. The SMILES string of the molecule is O=[N+]([O-])c1cc(Br)ccc1NCC(O)C(F)F. The molecule has 0 radical (unpaired) electrons. The highest BCUT2D eigenvalue weighted by Crippen LogP contribution is 2.27. The molecule has 94 valence electrons. The van der Waals surface area contributed by atoms with Gasteiger partial charge >= 0.3 is 0 Å². The van der Waals surface area contributed by atoms with Gasteiger partial charge in [-0.05, 0) is 12.1 Å². The fourth-order valence-electron chi connectivity index (χ4n) is 1.11. The lowest BCUT2D eigenvalue weighted by atomic mass is 10.2. The van der Waals surface area contributed by atoms with Gasteiger partial charge in [-0.25, -0.2) is 8.78 Å². The lowest BCUT2D eigenvalue weighted by molar-refractivity contribution is -0.384. The van der Waals surface area contributed by atoms with Crippen molar-refractivity contribution >= 4 is 27.3 Å². The van der Waals surface area contributed by atoms with Crippen LogP contribution in [0.2, 0.25) is 0 Å². The number of hydrogen-bond donors (Lipinski definition) is 2. The second-order valence-electron chi connectivity index (χ2n) is 3.20. The number of nitro groups is 1. The van der Waals surface area contributed by atoms with Crippen LogP contribution in [-0.4, -0.2) is 29.1 Å². The van der Waals surface area contributed by atoms with Gasteiger partial charge in [0.25, 0.3) is 12.1 Å². The number of aliphatic hydroxyl groups is 1. The maximum absolute atomic E-state index is 12.0. The summed E-state index contributed by atoms with van der Waals surface area (Å²) >= 11 is 3.07. The minimum atomic E-state index is -2.89. The molecular weight excluding hydrogens is 302 g/mol. The summed E-state index contributed by atoms with van der Waals surface area (Å²) in [5.74, 6) is 0. The van der Waals surface area contributed by atoms with Gasteiger partial charge in [0.15, 0.2) is 0 Å². The molecule has 8 heteroatoms. The zero-order valence-electron chi connectivity index (χ0n) is 8.44. The molecule has 17 heavy (non-hydrogen) atoms. The number of halogens is 3. The number of nitro benzene ring substituents is 1. The summed E-state index contributed by atoms with van der Waals surface area (Å²) in [6.45, 7) is -0.458. The van der Waals surface area contributed by atoms with Crippen LogP contribution in [0.25, 0.3) is 0 Å². The molecule has 0 aliphatic heterocycles. The fourth-order valence-corrected chi connectivity index (χ4v) is 1.46. The summed E-state index contributed by atoms with van der Waals surface area (Å²) in [6, 6.07) is 4.15. The van der Waals surface area contributed by atoms with Crippen LogP contribution in [0.4, 0.5) is 20.2 Å². The van der Waals surface area contributed by atoms with Crippen LogP contribution in [0.5, 0.6) is 0 Å². The van der Waals surface area contributed by atoms with Crippen molar-refractivity contribution in [1.29, 1.82) is 0 Å². The van der Waals surface area contributed by atoms with Crippen LogP contribution < -0.4 is 5.32 Å². The number of hydrogen-bond acceptors (Lipinski definition) is 4. The second-order valence-corrected chi connectivity index (χ2v) is 4.12. The topological polar surface area (TPSA) is 75.4 Å². The zero-order chi connectivity index (χ0) is 13.0. The van der Waals surface area contributed by atoms with Crippen molar-refractivity contribution in [2.75, 3.05) is 11.9 Å². The molecule has 0 amide bonds. The highest BCUT2D eigenvalue weighted by molar-refractivity contribution is 9.10. The van der Waals surface area contributed by atoms with Gasteiger partial charge in [-0.1, -0.05) is 15.9 Å². The fraction of sp³-hybridized carbons (Fsp3) is 0.333. The quantitative estimate of drug-likeness (QED) is 0.647. The Bertz CT molecular complexity index is 417. The Hall–Kier alpha value is -1.28. The van der Waals surface area contributed by atoms with Gasteiger partial charge in [0.05, 0.1) is 4.92 Å². The van der Waals surface area contributed by atoms with Crippen molar-refractivity contribution in [2.24, 2.45) is 0 Å². The van der Waals surface area contributed by atoms with E-state index in [1.165, 1.54) is 18.2 Å². The summed E-state index contributed by atoms with van der Waals surface area (Å²) in [4.78, 5) is 10.0. The Labute approximate surface area is 104 Å². The Morgan fingerprint density at radius 3 is 2.71 bits per heavy atom. The van der Waals surface area contributed by atoms with Crippen LogP contribution in [0.15, 0.2) is 22.7 Å². The second kappa shape index (κ2) is 5.87. The number of rotatable bonds is 5. The first-order valence-corrected chi connectivity index (χ1v) is 5.35. The largest absolute Gasteiger partial charge is 0.385 e. The van der Waals surface area contributed by atoms with E-state index in [9.17, 15) is 18.9 Å². The molecule has 0 aliphatic rings. The molecule has 1 aromatic carbocycles. The molecule has 1 aromatic rings. The molecule has 0 spiro atoms. The summed E-state index contributed by atoms with van der Waals surface area (Å²) < 4.78 is 24.5. The van der Waals surface area contributed by atoms with Crippen LogP contribution in [-0.2, 0) is 0 Å². The van der Waals surface area contributed by atoms with Gasteiger partial charge in [0, 0.05) is 17.1 Å². The molecule has 0 saturated heterocycles. The molecule has 5 nitrogen and oxygen atoms in total. The van der Waals surface area contributed by atoms with Gasteiger partial charge in [-0.2, -0.15) is 0 Å². The highest BCUT2D eigenvalue weighted by Gasteiger charge is 2.19. The molecule has 1 atom stereocenters. The average Bonchev–Trinajstić information content (AvgIpc) is 2.26. The predicted octanol–water partition coefficient (Wildman–Crippen LogP) is 2.40. The molecule has 1 rings (SSSR count). The molecule has 0 fully saturated rings. The Kier molecular flexibility index (Phi) is 4.76. The number of nitrogens with zero attached hydrogens (tertiary/aromatic N) is 1. The molecule has 0 bridgehead atoms. The molecule has 0 saturated carbocycles. The van der Waals surface area contributed by atoms with E-state index in [1.54, 1.807) is 0 Å². The van der Waals surface area contributed by atoms with Gasteiger partial charge in [-0.15, -0.1) is 0 Å². The van der Waals surface area contributed by atoms with E-state index in [2.05, 4.69) is 21.2 Å². The molecule has 1 unspecified atom stereocenters. The summed E-state index contributed by atoms with van der Waals surface area (Å²) in [5, 5.41) is 22.0. The number of alkyl halides is 2. The smallest absolute Gasteiger partial charge is 0.293 e. The van der Waals surface area contributed by atoms with E-state index in [0.717, 1.165) is 0 Å². The van der Waals surface area contributed by atoms with Crippen molar-refractivity contribution in [3.63, 3.8) is 0 Å². The third kappa shape index (κ3) is 3.90. The summed E-state index contributed by atoms with van der Waals surface area (Å²) in [7, 11) is 0. The third-order valence-electron chi connectivity index (χ3n) is 1.95. The van der Waals surface area contributed by atoms with Crippen molar-refractivity contribution in [2.45, 2.75) is 12.5 Å². The van der Waals surface area contributed by atoms with Crippen molar-refractivity contribution < 1.29 is 18.8 Å². The van der Waals surface area contributed by atoms with E-state index in [0.29, 0.717) is 4.47 Å². The maximum atomic E-state index is 12.0. The number of aliphatic hydroxyl groups excluding tert-OH is 1. The maximum Gasteiger partial charge on any atom is 0.293 e. The molecule has 0 aliphatic carbocycles. The predicted molar refractivity (Wildman–Crippen MR) is 61.3 cm³/mol. The van der Waals surface area contributed by atoms with Crippen LogP contribution in [0.3, 0.4) is 0 Å². The first-order chi connectivity index (χ1) is 7.91. The Morgan fingerprint density at radius 2 is 2.18 bits per heavy atom. The van der Waals surface area contributed by atoms with Gasteiger partial charge in [-0.3, -0.25) is 10.1 Å². The molecular formula is C9H9BrF2N2O3. The molecule has 0 heterocycles. The number of nitrogens with one attached hydrogen (secondary N) is 1. The van der Waals surface area contributed by atoms with Crippen LogP contribution in [0.1, 0.15) is 0 Å². The highest BCUT2D eigenvalue weighted by atomic mass is 79.9. The standard InChI is InChI=1S/C9H9BrF2N2O3/c10-5-1-2-6(7(3-5)14(16)17)13-4-8(15)9(11)12/h1-3,8-9,13,15H,4H2. The number of anilines is 1. The Balaban J connectivity index is 2.80. The lowest BCUT2D eigenvalue weighted by Crippen LogP contribution is -2.26. The van der Waals surface area contributed by atoms with E-state index >= 15 is 0 Å². The van der Waals surface area contributed by atoms with Crippen LogP contribution >= 0.6 is 15.9 Å². The Morgan fingerprint density at radius 1 is 1.53 bits per heavy atom. The van der Waals surface area contributed by atoms with E-state index in [4.69, 9.17) is 5.11 Å². The lowest BCUT2D eigenvalue weighted by Gasteiger charge is -2.11. The van der Waals surface area contributed by atoms with Crippen molar-refractivity contribution in [1.82, 2.24) is 0 Å². The minimum absolute atomic E-state index is 0.0814. The molecule has 2 N–H and O–H groups in total. The molecule has 0 aromatic heterocycles. The zero-order valence-corrected chi connectivity index (χ0v) is 10.0. The van der Waals surface area contributed by atoms with Crippen molar-refractivity contribution in [3.8, 4) is 0 Å². The normalized spacial score (nSPS) is 12.5. The van der Waals surface area contributed by atoms with Crippen molar-refractivity contribution in [3.05, 3.63) is 32.8 Å². The summed E-state index contributed by atoms with van der Waals surface area (Å²) in [6.07, 6.45) is -4.75. The van der Waals surface area contributed by atoms with E-state index in [1.807, 2.05) is 0 Å². The first kappa shape index (κ1) is 13.8. The van der Waals surface area contributed by atoms with Crippen LogP contribution in [0, 0.1) is 10.1 Å². The average molecular weight is 311 g/mol. The third-order valence-corrected chi connectivity index (χ3v) is 2.44.